The van der Waals surface area contributed by atoms with E-state index < -0.39 is 0 Å². The number of aryl methyl sites for hydroxylation is 1. The fraction of sp³-hybridized carbons (Fsp3) is 0.562. The molecule has 0 spiro atoms. The van der Waals surface area contributed by atoms with E-state index in [9.17, 15) is 4.79 Å². The molecule has 0 unspecified atom stereocenters. The maximum atomic E-state index is 12.2. The average molecular weight is 260 g/mol. The Balaban J connectivity index is 1.86. The molecule has 1 N–H and O–H groups in total. The number of hydrogen-bond acceptors (Lipinski definition) is 1. The molecule has 2 amide bonds. The molecular weight excluding hydrogens is 236 g/mol. The van der Waals surface area contributed by atoms with Crippen LogP contribution in [0.5, 0.6) is 0 Å². The number of carbonyl (C=O) groups excluding carboxylic acids is 1. The highest BCUT2D eigenvalue weighted by atomic mass is 16.2. The Kier molecular flexibility index (Phi) is 5.25. The van der Waals surface area contributed by atoms with Gasteiger partial charge in [0.05, 0.1) is 0 Å². The van der Waals surface area contributed by atoms with Crippen LogP contribution in [0.1, 0.15) is 44.6 Å². The first-order chi connectivity index (χ1) is 9.33. The van der Waals surface area contributed by atoms with Crippen LogP contribution < -0.4 is 10.2 Å². The normalized spacial score (nSPS) is 14.1. The van der Waals surface area contributed by atoms with Crippen molar-refractivity contribution in [3.63, 3.8) is 0 Å². The molecular formula is C16H24N2O. The lowest BCUT2D eigenvalue weighted by Gasteiger charge is -2.29. The summed E-state index contributed by atoms with van der Waals surface area (Å²) in [4.78, 5) is 14.1. The van der Waals surface area contributed by atoms with Crippen LogP contribution in [0.2, 0.25) is 0 Å². The molecule has 0 fully saturated rings. The molecule has 1 aromatic rings. The summed E-state index contributed by atoms with van der Waals surface area (Å²) >= 11 is 0. The third-order valence-electron chi connectivity index (χ3n) is 3.66. The van der Waals surface area contributed by atoms with Crippen LogP contribution in [0.3, 0.4) is 0 Å². The minimum absolute atomic E-state index is 0.0589. The van der Waals surface area contributed by atoms with Gasteiger partial charge in [0.15, 0.2) is 0 Å². The van der Waals surface area contributed by atoms with Gasteiger partial charge < -0.3 is 5.32 Å². The number of amides is 2. The van der Waals surface area contributed by atoms with Gasteiger partial charge in [0, 0.05) is 18.8 Å². The molecule has 0 bridgehead atoms. The van der Waals surface area contributed by atoms with Crippen LogP contribution in [0.25, 0.3) is 0 Å². The number of carbonyl (C=O) groups is 1. The molecule has 2 rings (SSSR count). The summed E-state index contributed by atoms with van der Waals surface area (Å²) < 4.78 is 0. The second kappa shape index (κ2) is 7.17. The first-order valence-corrected chi connectivity index (χ1v) is 7.46. The van der Waals surface area contributed by atoms with Crippen molar-refractivity contribution in [3.05, 3.63) is 29.8 Å². The van der Waals surface area contributed by atoms with E-state index in [1.54, 1.807) is 0 Å². The van der Waals surface area contributed by atoms with Crippen LogP contribution >= 0.6 is 0 Å². The predicted octanol–water partition coefficient (Wildman–Crippen LogP) is 3.73. The standard InChI is InChI=1S/C16H24N2O/c1-2-3-4-7-12-17-16(19)18-13-8-10-14-9-5-6-11-15(14)18/h5-6,9,11H,2-4,7-8,10,12-13H2,1H3,(H,17,19). The zero-order valence-corrected chi connectivity index (χ0v) is 11.8. The SMILES string of the molecule is CCCCCCNC(=O)N1CCCc2ccccc21. The summed E-state index contributed by atoms with van der Waals surface area (Å²) in [5, 5.41) is 3.04. The van der Waals surface area contributed by atoms with E-state index in [0.29, 0.717) is 0 Å². The van der Waals surface area contributed by atoms with Gasteiger partial charge in [0.2, 0.25) is 0 Å². The van der Waals surface area contributed by atoms with Crippen LogP contribution in [0.15, 0.2) is 24.3 Å². The van der Waals surface area contributed by atoms with Crippen molar-refractivity contribution in [3.8, 4) is 0 Å². The summed E-state index contributed by atoms with van der Waals surface area (Å²) in [7, 11) is 0. The van der Waals surface area contributed by atoms with Gasteiger partial charge in [-0.05, 0) is 30.9 Å². The molecule has 0 aromatic heterocycles. The zero-order valence-electron chi connectivity index (χ0n) is 11.8. The van der Waals surface area contributed by atoms with Crippen molar-refractivity contribution in [2.75, 3.05) is 18.0 Å². The molecule has 104 valence electrons. The number of hydrogen-bond donors (Lipinski definition) is 1. The Morgan fingerprint density at radius 3 is 2.95 bits per heavy atom. The van der Waals surface area contributed by atoms with E-state index >= 15 is 0 Å². The van der Waals surface area contributed by atoms with Crippen LogP contribution in [-0.4, -0.2) is 19.1 Å². The van der Waals surface area contributed by atoms with Gasteiger partial charge in [-0.15, -0.1) is 0 Å². The van der Waals surface area contributed by atoms with E-state index in [-0.39, 0.29) is 6.03 Å². The number of benzene rings is 1. The predicted molar refractivity (Wildman–Crippen MR) is 79.6 cm³/mol. The topological polar surface area (TPSA) is 32.3 Å². The molecule has 0 saturated carbocycles. The third-order valence-corrected chi connectivity index (χ3v) is 3.66. The Morgan fingerprint density at radius 1 is 1.26 bits per heavy atom. The first kappa shape index (κ1) is 13.9. The van der Waals surface area contributed by atoms with Crippen LogP contribution in [-0.2, 0) is 6.42 Å². The van der Waals surface area contributed by atoms with Gasteiger partial charge in [0.25, 0.3) is 0 Å². The Bertz CT molecular complexity index is 417. The van der Waals surface area contributed by atoms with Crippen molar-refractivity contribution in [2.45, 2.75) is 45.4 Å². The molecule has 0 saturated heterocycles. The number of nitrogens with one attached hydrogen (secondary N) is 1. The van der Waals surface area contributed by atoms with Gasteiger partial charge in [-0.3, -0.25) is 4.90 Å². The molecule has 0 radical (unpaired) electrons. The average Bonchev–Trinajstić information content (AvgIpc) is 2.46. The van der Waals surface area contributed by atoms with Crippen molar-refractivity contribution < 1.29 is 4.79 Å². The Morgan fingerprint density at radius 2 is 2.11 bits per heavy atom. The maximum Gasteiger partial charge on any atom is 0.321 e. The van der Waals surface area contributed by atoms with E-state index in [0.717, 1.165) is 38.0 Å². The Hall–Kier alpha value is -1.51. The number of unbranched alkanes of at least 4 members (excludes halogenated alkanes) is 3. The van der Waals surface area contributed by atoms with Gasteiger partial charge in [-0.2, -0.15) is 0 Å². The highest BCUT2D eigenvalue weighted by Gasteiger charge is 2.21. The summed E-state index contributed by atoms with van der Waals surface area (Å²) in [5.74, 6) is 0. The molecule has 1 aliphatic rings. The fourth-order valence-electron chi connectivity index (χ4n) is 2.59. The fourth-order valence-corrected chi connectivity index (χ4v) is 2.59. The summed E-state index contributed by atoms with van der Waals surface area (Å²) in [5.41, 5.74) is 2.37. The molecule has 1 aliphatic heterocycles. The molecule has 1 aromatic carbocycles. The van der Waals surface area contributed by atoms with E-state index in [1.807, 2.05) is 23.1 Å². The van der Waals surface area contributed by atoms with E-state index in [1.165, 1.54) is 24.8 Å². The molecule has 0 aliphatic carbocycles. The van der Waals surface area contributed by atoms with Gasteiger partial charge in [-0.1, -0.05) is 44.4 Å². The lowest BCUT2D eigenvalue weighted by Crippen LogP contribution is -2.43. The second-order valence-corrected chi connectivity index (χ2v) is 5.18. The number of urea groups is 1. The maximum absolute atomic E-state index is 12.2. The number of para-hydroxylation sites is 1. The second-order valence-electron chi connectivity index (χ2n) is 5.18. The van der Waals surface area contributed by atoms with Gasteiger partial charge in [0.1, 0.15) is 0 Å². The van der Waals surface area contributed by atoms with Crippen molar-refractivity contribution in [1.82, 2.24) is 5.32 Å². The largest absolute Gasteiger partial charge is 0.338 e. The molecule has 0 atom stereocenters. The minimum atomic E-state index is 0.0589. The number of nitrogens with zero attached hydrogens (tertiary/aromatic N) is 1. The first-order valence-electron chi connectivity index (χ1n) is 7.46. The smallest absolute Gasteiger partial charge is 0.321 e. The Labute approximate surface area is 116 Å². The minimum Gasteiger partial charge on any atom is -0.338 e. The third kappa shape index (κ3) is 3.72. The van der Waals surface area contributed by atoms with Crippen molar-refractivity contribution in [2.24, 2.45) is 0 Å². The quantitative estimate of drug-likeness (QED) is 0.804. The lowest BCUT2D eigenvalue weighted by molar-refractivity contribution is 0.245. The number of fused-ring (bicyclic) bond motifs is 1. The van der Waals surface area contributed by atoms with E-state index in [2.05, 4.69) is 18.3 Å². The van der Waals surface area contributed by atoms with Crippen LogP contribution in [0.4, 0.5) is 10.5 Å². The van der Waals surface area contributed by atoms with Crippen LogP contribution in [0, 0.1) is 0 Å². The summed E-state index contributed by atoms with van der Waals surface area (Å²) in [6, 6.07) is 8.28. The van der Waals surface area contributed by atoms with Gasteiger partial charge in [-0.25, -0.2) is 4.79 Å². The molecule has 3 nitrogen and oxygen atoms in total. The highest BCUT2D eigenvalue weighted by molar-refractivity contribution is 5.93. The highest BCUT2D eigenvalue weighted by Crippen LogP contribution is 2.26. The monoisotopic (exact) mass is 260 g/mol. The lowest BCUT2D eigenvalue weighted by atomic mass is 10.0. The number of rotatable bonds is 5. The molecule has 3 heteroatoms. The number of anilines is 1. The summed E-state index contributed by atoms with van der Waals surface area (Å²) in [6.07, 6.45) is 6.90. The molecule has 19 heavy (non-hydrogen) atoms. The zero-order chi connectivity index (χ0) is 13.5. The van der Waals surface area contributed by atoms with Crippen molar-refractivity contribution >= 4 is 11.7 Å². The van der Waals surface area contributed by atoms with Crippen molar-refractivity contribution in [1.29, 1.82) is 0 Å². The van der Waals surface area contributed by atoms with E-state index in [4.69, 9.17) is 0 Å². The summed E-state index contributed by atoms with van der Waals surface area (Å²) in [6.45, 7) is 3.82. The molecule has 1 heterocycles. The van der Waals surface area contributed by atoms with Gasteiger partial charge >= 0.3 is 6.03 Å².